The summed E-state index contributed by atoms with van der Waals surface area (Å²) in [6.07, 6.45) is 11.1. The van der Waals surface area contributed by atoms with Crippen LogP contribution in [0, 0.1) is 0 Å². The molecule has 0 radical (unpaired) electrons. The van der Waals surface area contributed by atoms with Gasteiger partial charge in [-0.3, -0.25) is 4.90 Å². The topological polar surface area (TPSA) is 24.5 Å². The third-order valence-corrected chi connectivity index (χ3v) is 4.41. The maximum Gasteiger partial charge on any atom is 0.0855 e. The second-order valence-corrected chi connectivity index (χ2v) is 6.16. The fourth-order valence-electron chi connectivity index (χ4n) is 3.16. The number of nitrogens with one attached hydrogen (secondary N) is 1. The Morgan fingerprint density at radius 3 is 2.55 bits per heavy atom. The predicted octanol–water partition coefficient (Wildman–Crippen LogP) is 3.44. The molecule has 20 heavy (non-hydrogen) atoms. The van der Waals surface area contributed by atoms with E-state index in [0.717, 1.165) is 19.7 Å². The second-order valence-electron chi connectivity index (χ2n) is 6.16. The van der Waals surface area contributed by atoms with Crippen LogP contribution in [0.2, 0.25) is 0 Å². The standard InChI is InChI=1S/C17H36N2O/c1-4-6-7-8-9-10-11-16(18-3)17-15-19(12-5-2)13-14-20-17/h16-18H,4-15H2,1-3H3. The highest BCUT2D eigenvalue weighted by Crippen LogP contribution is 2.15. The number of likely N-dealkylation sites (N-methyl/N-ethyl adjacent to an activating group) is 1. The number of hydrogen-bond acceptors (Lipinski definition) is 3. The molecule has 0 amide bonds. The first kappa shape index (κ1) is 17.9. The van der Waals surface area contributed by atoms with Crippen LogP contribution in [0.5, 0.6) is 0 Å². The van der Waals surface area contributed by atoms with Crippen LogP contribution in [-0.4, -0.2) is 50.3 Å². The molecule has 2 atom stereocenters. The van der Waals surface area contributed by atoms with E-state index in [0.29, 0.717) is 12.1 Å². The molecule has 1 heterocycles. The van der Waals surface area contributed by atoms with Crippen LogP contribution >= 0.6 is 0 Å². The number of morpholine rings is 1. The van der Waals surface area contributed by atoms with Crippen LogP contribution in [0.25, 0.3) is 0 Å². The van der Waals surface area contributed by atoms with E-state index in [1.54, 1.807) is 0 Å². The highest BCUT2D eigenvalue weighted by Gasteiger charge is 2.26. The Hall–Kier alpha value is -0.120. The van der Waals surface area contributed by atoms with Crippen LogP contribution in [0.4, 0.5) is 0 Å². The summed E-state index contributed by atoms with van der Waals surface area (Å²) in [5.41, 5.74) is 0. The lowest BCUT2D eigenvalue weighted by Gasteiger charge is -2.37. The molecule has 1 fully saturated rings. The molecule has 0 aromatic carbocycles. The van der Waals surface area contributed by atoms with Crippen molar-refractivity contribution in [2.45, 2.75) is 77.4 Å². The molecule has 1 N–H and O–H groups in total. The monoisotopic (exact) mass is 284 g/mol. The van der Waals surface area contributed by atoms with Gasteiger partial charge >= 0.3 is 0 Å². The molecule has 3 heteroatoms. The van der Waals surface area contributed by atoms with Crippen molar-refractivity contribution in [1.29, 1.82) is 0 Å². The molecule has 2 unspecified atom stereocenters. The minimum Gasteiger partial charge on any atom is -0.374 e. The van der Waals surface area contributed by atoms with Crippen LogP contribution in [0.1, 0.15) is 65.2 Å². The Bertz CT molecular complexity index is 221. The lowest BCUT2D eigenvalue weighted by atomic mass is 10.0. The molecule has 1 aliphatic heterocycles. The Morgan fingerprint density at radius 1 is 1.10 bits per heavy atom. The van der Waals surface area contributed by atoms with Crippen molar-refractivity contribution in [3.05, 3.63) is 0 Å². The van der Waals surface area contributed by atoms with Crippen molar-refractivity contribution in [3.63, 3.8) is 0 Å². The molecule has 0 spiro atoms. The Labute approximate surface area is 126 Å². The van der Waals surface area contributed by atoms with E-state index >= 15 is 0 Å². The summed E-state index contributed by atoms with van der Waals surface area (Å²) in [4.78, 5) is 2.56. The van der Waals surface area contributed by atoms with E-state index in [1.165, 1.54) is 57.9 Å². The van der Waals surface area contributed by atoms with Gasteiger partial charge in [0.1, 0.15) is 0 Å². The summed E-state index contributed by atoms with van der Waals surface area (Å²) >= 11 is 0. The fraction of sp³-hybridized carbons (Fsp3) is 1.00. The first-order valence-corrected chi connectivity index (χ1v) is 8.83. The van der Waals surface area contributed by atoms with Gasteiger partial charge in [-0.25, -0.2) is 0 Å². The molecule has 0 aromatic heterocycles. The molecule has 0 bridgehead atoms. The van der Waals surface area contributed by atoms with E-state index in [2.05, 4.69) is 31.1 Å². The second kappa shape index (κ2) is 11.5. The molecule has 3 nitrogen and oxygen atoms in total. The highest BCUT2D eigenvalue weighted by molar-refractivity contribution is 4.82. The molecular weight excluding hydrogens is 248 g/mol. The summed E-state index contributed by atoms with van der Waals surface area (Å²) < 4.78 is 6.00. The fourth-order valence-corrected chi connectivity index (χ4v) is 3.16. The van der Waals surface area contributed by atoms with Crippen LogP contribution in [-0.2, 0) is 4.74 Å². The van der Waals surface area contributed by atoms with E-state index in [-0.39, 0.29) is 0 Å². The van der Waals surface area contributed by atoms with Crippen LogP contribution < -0.4 is 5.32 Å². The highest BCUT2D eigenvalue weighted by atomic mass is 16.5. The Kier molecular flexibility index (Phi) is 10.3. The van der Waals surface area contributed by atoms with Crippen molar-refractivity contribution in [1.82, 2.24) is 10.2 Å². The molecular formula is C17H36N2O. The van der Waals surface area contributed by atoms with Crippen LogP contribution in [0.3, 0.4) is 0 Å². The number of unbranched alkanes of at least 4 members (excludes halogenated alkanes) is 5. The Morgan fingerprint density at radius 2 is 1.85 bits per heavy atom. The first-order valence-electron chi connectivity index (χ1n) is 8.83. The first-order chi connectivity index (χ1) is 9.81. The summed E-state index contributed by atoms with van der Waals surface area (Å²) in [5, 5.41) is 3.48. The molecule has 0 aromatic rings. The van der Waals surface area contributed by atoms with Crippen molar-refractivity contribution < 1.29 is 4.74 Å². The SMILES string of the molecule is CCCCCCCCC(NC)C1CN(CCC)CCO1. The zero-order chi connectivity index (χ0) is 14.6. The van der Waals surface area contributed by atoms with E-state index in [9.17, 15) is 0 Å². The van der Waals surface area contributed by atoms with Gasteiger partial charge in [-0.2, -0.15) is 0 Å². The van der Waals surface area contributed by atoms with Crippen LogP contribution in [0.15, 0.2) is 0 Å². The summed E-state index contributed by atoms with van der Waals surface area (Å²) in [7, 11) is 2.09. The van der Waals surface area contributed by atoms with Gasteiger partial charge in [0.2, 0.25) is 0 Å². The van der Waals surface area contributed by atoms with Crippen molar-refractivity contribution in [2.24, 2.45) is 0 Å². The third kappa shape index (κ3) is 7.05. The van der Waals surface area contributed by atoms with Crippen molar-refractivity contribution in [3.8, 4) is 0 Å². The van der Waals surface area contributed by atoms with Gasteiger partial charge in [-0.1, -0.05) is 52.4 Å². The summed E-state index contributed by atoms with van der Waals surface area (Å²) in [6.45, 7) is 8.87. The largest absolute Gasteiger partial charge is 0.374 e. The van der Waals surface area contributed by atoms with E-state index in [4.69, 9.17) is 4.74 Å². The molecule has 1 rings (SSSR count). The lowest BCUT2D eigenvalue weighted by molar-refractivity contribution is -0.0467. The lowest BCUT2D eigenvalue weighted by Crippen LogP contribution is -2.51. The van der Waals surface area contributed by atoms with Gasteiger partial charge < -0.3 is 10.1 Å². The third-order valence-electron chi connectivity index (χ3n) is 4.41. The molecule has 0 saturated carbocycles. The Balaban J connectivity index is 2.19. The summed E-state index contributed by atoms with van der Waals surface area (Å²) in [5.74, 6) is 0. The zero-order valence-electron chi connectivity index (χ0n) is 14.0. The van der Waals surface area contributed by atoms with Crippen molar-refractivity contribution in [2.75, 3.05) is 33.3 Å². The minimum atomic E-state index is 0.385. The van der Waals surface area contributed by atoms with Crippen molar-refractivity contribution >= 4 is 0 Å². The minimum absolute atomic E-state index is 0.385. The van der Waals surface area contributed by atoms with E-state index in [1.807, 2.05) is 0 Å². The maximum absolute atomic E-state index is 6.00. The van der Waals surface area contributed by atoms with Gasteiger partial charge in [0.25, 0.3) is 0 Å². The average molecular weight is 284 g/mol. The zero-order valence-corrected chi connectivity index (χ0v) is 14.0. The number of ether oxygens (including phenoxy) is 1. The number of hydrogen-bond donors (Lipinski definition) is 1. The van der Waals surface area contributed by atoms with Gasteiger partial charge in [0.15, 0.2) is 0 Å². The smallest absolute Gasteiger partial charge is 0.0855 e. The molecule has 1 aliphatic rings. The normalized spacial score (nSPS) is 22.1. The molecule has 120 valence electrons. The van der Waals surface area contributed by atoms with Gasteiger partial charge in [0.05, 0.1) is 12.7 Å². The average Bonchev–Trinajstić information content (AvgIpc) is 2.47. The predicted molar refractivity (Wildman–Crippen MR) is 87.3 cm³/mol. The maximum atomic E-state index is 6.00. The quantitative estimate of drug-likeness (QED) is 0.588. The van der Waals surface area contributed by atoms with Gasteiger partial charge in [-0.05, 0) is 26.4 Å². The van der Waals surface area contributed by atoms with Gasteiger partial charge in [-0.15, -0.1) is 0 Å². The number of rotatable bonds is 11. The van der Waals surface area contributed by atoms with E-state index < -0.39 is 0 Å². The summed E-state index contributed by atoms with van der Waals surface area (Å²) in [6, 6.07) is 0.529. The van der Waals surface area contributed by atoms with Gasteiger partial charge in [0, 0.05) is 19.1 Å². The number of nitrogens with zero attached hydrogens (tertiary/aromatic N) is 1. The molecule has 0 aliphatic carbocycles. The molecule has 1 saturated heterocycles.